The first-order valence-corrected chi connectivity index (χ1v) is 11.3. The minimum atomic E-state index is -0.194. The largest absolute Gasteiger partial charge is 0.325 e. The second-order valence-corrected chi connectivity index (χ2v) is 9.26. The van der Waals surface area contributed by atoms with Crippen molar-refractivity contribution < 1.29 is 9.59 Å². The molecule has 3 aromatic rings. The smallest absolute Gasteiger partial charge is 0.234 e. The number of hydrogen-bond donors (Lipinski definition) is 1. The molecule has 0 bridgehead atoms. The number of Topliss-reactive ketones (excluding diaryl/α,β-unsaturated/α-hetero) is 1. The van der Waals surface area contributed by atoms with Gasteiger partial charge in [-0.15, -0.1) is 10.2 Å². The van der Waals surface area contributed by atoms with Crippen molar-refractivity contribution in [3.05, 3.63) is 59.7 Å². The van der Waals surface area contributed by atoms with E-state index in [0.29, 0.717) is 23.0 Å². The summed E-state index contributed by atoms with van der Waals surface area (Å²) in [5.74, 6) is 0.678. The molecule has 2 aromatic carbocycles. The van der Waals surface area contributed by atoms with E-state index in [1.54, 1.807) is 24.3 Å². The second kappa shape index (κ2) is 9.47. The van der Waals surface area contributed by atoms with Gasteiger partial charge < -0.3 is 9.88 Å². The van der Waals surface area contributed by atoms with Crippen LogP contribution in [0.25, 0.3) is 11.4 Å². The van der Waals surface area contributed by atoms with Crippen molar-refractivity contribution >= 4 is 29.1 Å². The Bertz CT molecular complexity index is 1080. The third kappa shape index (κ3) is 5.41. The van der Waals surface area contributed by atoms with Gasteiger partial charge >= 0.3 is 0 Å². The van der Waals surface area contributed by atoms with Crippen LogP contribution in [0.5, 0.6) is 0 Å². The standard InChI is InChI=1S/C24H28N4O2S/c1-6-28-22(17-11-13-18(14-12-17)24(3,4)5)26-27-23(28)31-15-21(30)25-20-10-8-7-9-19(20)16(2)29/h7-14H,6,15H2,1-5H3,(H,25,30). The molecule has 7 heteroatoms. The number of benzene rings is 2. The third-order valence-electron chi connectivity index (χ3n) is 4.96. The maximum atomic E-state index is 12.5. The second-order valence-electron chi connectivity index (χ2n) is 8.32. The minimum Gasteiger partial charge on any atom is -0.325 e. The average Bonchev–Trinajstić information content (AvgIpc) is 3.15. The van der Waals surface area contributed by atoms with Crippen molar-refractivity contribution in [3.63, 3.8) is 0 Å². The number of hydrogen-bond acceptors (Lipinski definition) is 5. The molecular weight excluding hydrogens is 408 g/mol. The van der Waals surface area contributed by atoms with E-state index in [-0.39, 0.29) is 22.9 Å². The average molecular weight is 437 g/mol. The number of aromatic nitrogens is 3. The van der Waals surface area contributed by atoms with E-state index in [1.807, 2.05) is 11.5 Å². The van der Waals surface area contributed by atoms with Crippen LogP contribution in [0.1, 0.15) is 50.5 Å². The van der Waals surface area contributed by atoms with E-state index in [0.717, 1.165) is 11.4 Å². The summed E-state index contributed by atoms with van der Waals surface area (Å²) in [4.78, 5) is 24.2. The summed E-state index contributed by atoms with van der Waals surface area (Å²) in [5.41, 5.74) is 3.37. The number of thioether (sulfide) groups is 1. The van der Waals surface area contributed by atoms with Crippen LogP contribution in [0.15, 0.2) is 53.7 Å². The maximum absolute atomic E-state index is 12.5. The molecule has 162 valence electrons. The van der Waals surface area contributed by atoms with Crippen molar-refractivity contribution in [1.29, 1.82) is 0 Å². The van der Waals surface area contributed by atoms with Gasteiger partial charge in [0.2, 0.25) is 5.91 Å². The van der Waals surface area contributed by atoms with Gasteiger partial charge in [0.05, 0.1) is 11.4 Å². The number of anilines is 1. The summed E-state index contributed by atoms with van der Waals surface area (Å²) in [6, 6.07) is 15.4. The Hall–Kier alpha value is -2.93. The lowest BCUT2D eigenvalue weighted by molar-refractivity contribution is -0.113. The lowest BCUT2D eigenvalue weighted by Gasteiger charge is -2.19. The highest BCUT2D eigenvalue weighted by molar-refractivity contribution is 7.99. The summed E-state index contributed by atoms with van der Waals surface area (Å²) in [5, 5.41) is 12.2. The highest BCUT2D eigenvalue weighted by Crippen LogP contribution is 2.28. The molecule has 1 amide bonds. The van der Waals surface area contributed by atoms with E-state index in [9.17, 15) is 9.59 Å². The monoisotopic (exact) mass is 436 g/mol. The lowest BCUT2D eigenvalue weighted by Crippen LogP contribution is -2.16. The van der Waals surface area contributed by atoms with Gasteiger partial charge in [-0.2, -0.15) is 0 Å². The Morgan fingerprint density at radius 2 is 1.71 bits per heavy atom. The number of para-hydroxylation sites is 1. The molecule has 0 aliphatic rings. The first-order valence-electron chi connectivity index (χ1n) is 10.3. The normalized spacial score (nSPS) is 11.4. The zero-order valence-corrected chi connectivity index (χ0v) is 19.4. The van der Waals surface area contributed by atoms with Gasteiger partial charge in [-0.3, -0.25) is 9.59 Å². The third-order valence-corrected chi connectivity index (χ3v) is 5.92. The summed E-state index contributed by atoms with van der Waals surface area (Å²) in [6.07, 6.45) is 0. The zero-order chi connectivity index (χ0) is 22.6. The number of rotatable bonds is 7. The molecule has 0 radical (unpaired) electrons. The van der Waals surface area contributed by atoms with Gasteiger partial charge in [-0.1, -0.05) is 68.9 Å². The first-order chi connectivity index (χ1) is 14.7. The molecule has 0 spiro atoms. The van der Waals surface area contributed by atoms with Gasteiger partial charge in [-0.05, 0) is 37.0 Å². The number of carbonyl (C=O) groups excluding carboxylic acids is 2. The molecule has 6 nitrogen and oxygen atoms in total. The van der Waals surface area contributed by atoms with Gasteiger partial charge in [0.15, 0.2) is 16.8 Å². The SMILES string of the molecule is CCn1c(SCC(=O)Nc2ccccc2C(C)=O)nnc1-c1ccc(C(C)(C)C)cc1. The molecule has 3 rings (SSSR count). The molecule has 0 saturated heterocycles. The van der Waals surface area contributed by atoms with Crippen LogP contribution in [0.2, 0.25) is 0 Å². The maximum Gasteiger partial charge on any atom is 0.234 e. The summed E-state index contributed by atoms with van der Waals surface area (Å²) in [7, 11) is 0. The van der Waals surface area contributed by atoms with Crippen LogP contribution in [0.3, 0.4) is 0 Å². The van der Waals surface area contributed by atoms with E-state index in [4.69, 9.17) is 0 Å². The Balaban J connectivity index is 1.72. The molecule has 0 fully saturated rings. The van der Waals surface area contributed by atoms with Gasteiger partial charge in [-0.25, -0.2) is 0 Å². The van der Waals surface area contributed by atoms with E-state index >= 15 is 0 Å². The molecule has 1 heterocycles. The summed E-state index contributed by atoms with van der Waals surface area (Å²) >= 11 is 1.33. The Labute approximate surface area is 187 Å². The van der Waals surface area contributed by atoms with Crippen molar-refractivity contribution in [2.75, 3.05) is 11.1 Å². The Kier molecular flexibility index (Phi) is 6.95. The fourth-order valence-corrected chi connectivity index (χ4v) is 4.03. The van der Waals surface area contributed by atoms with Gasteiger partial charge in [0.25, 0.3) is 0 Å². The van der Waals surface area contributed by atoms with Crippen LogP contribution in [-0.2, 0) is 16.8 Å². The molecule has 0 aliphatic heterocycles. The molecule has 1 N–H and O–H groups in total. The predicted octanol–water partition coefficient (Wildman–Crippen LogP) is 5.20. The van der Waals surface area contributed by atoms with Crippen LogP contribution in [0, 0.1) is 0 Å². The van der Waals surface area contributed by atoms with Crippen LogP contribution < -0.4 is 5.32 Å². The van der Waals surface area contributed by atoms with Crippen molar-refractivity contribution in [2.45, 2.75) is 51.7 Å². The molecule has 0 unspecified atom stereocenters. The topological polar surface area (TPSA) is 76.9 Å². The number of nitrogens with zero attached hydrogens (tertiary/aromatic N) is 3. The Morgan fingerprint density at radius 1 is 1.03 bits per heavy atom. The number of ketones is 1. The highest BCUT2D eigenvalue weighted by Gasteiger charge is 2.17. The van der Waals surface area contributed by atoms with Crippen molar-refractivity contribution in [1.82, 2.24) is 14.8 Å². The molecule has 0 saturated carbocycles. The van der Waals surface area contributed by atoms with Crippen molar-refractivity contribution in [2.24, 2.45) is 0 Å². The lowest BCUT2D eigenvalue weighted by atomic mass is 9.87. The molecule has 31 heavy (non-hydrogen) atoms. The van der Waals surface area contributed by atoms with E-state index in [1.165, 1.54) is 24.2 Å². The van der Waals surface area contributed by atoms with Crippen LogP contribution in [0.4, 0.5) is 5.69 Å². The minimum absolute atomic E-state index is 0.0867. The Morgan fingerprint density at radius 3 is 2.32 bits per heavy atom. The van der Waals surface area contributed by atoms with Crippen molar-refractivity contribution in [3.8, 4) is 11.4 Å². The highest BCUT2D eigenvalue weighted by atomic mass is 32.2. The quantitative estimate of drug-likeness (QED) is 0.407. The predicted molar refractivity (Wildman–Crippen MR) is 126 cm³/mol. The summed E-state index contributed by atoms with van der Waals surface area (Å²) < 4.78 is 2.01. The number of nitrogens with one attached hydrogen (secondary N) is 1. The first kappa shape index (κ1) is 22.7. The summed E-state index contributed by atoms with van der Waals surface area (Å²) in [6.45, 7) is 10.8. The molecular formula is C24H28N4O2S. The van der Waals surface area contributed by atoms with Gasteiger partial charge in [0.1, 0.15) is 0 Å². The number of carbonyl (C=O) groups is 2. The van der Waals surface area contributed by atoms with Gasteiger partial charge in [0, 0.05) is 17.7 Å². The molecule has 0 atom stereocenters. The fraction of sp³-hybridized carbons (Fsp3) is 0.333. The number of amides is 1. The zero-order valence-electron chi connectivity index (χ0n) is 18.6. The molecule has 1 aromatic heterocycles. The van der Waals surface area contributed by atoms with Crippen LogP contribution in [-0.4, -0.2) is 32.2 Å². The van der Waals surface area contributed by atoms with E-state index in [2.05, 4.69) is 60.6 Å². The van der Waals surface area contributed by atoms with E-state index < -0.39 is 0 Å². The molecule has 0 aliphatic carbocycles. The fourth-order valence-electron chi connectivity index (χ4n) is 3.23. The van der Waals surface area contributed by atoms with Crippen LogP contribution >= 0.6 is 11.8 Å².